The Kier molecular flexibility index (Phi) is 5.28. The van der Waals surface area contributed by atoms with E-state index in [0.717, 1.165) is 5.56 Å². The zero-order chi connectivity index (χ0) is 14.7. The molecule has 0 aliphatic heterocycles. The zero-order valence-electron chi connectivity index (χ0n) is 10.8. The van der Waals surface area contributed by atoms with Gasteiger partial charge < -0.3 is 5.32 Å². The van der Waals surface area contributed by atoms with E-state index >= 15 is 0 Å². The number of hydrogen-bond acceptors (Lipinski definition) is 1. The quantitative estimate of drug-likeness (QED) is 0.802. The van der Waals surface area contributed by atoms with Crippen molar-refractivity contribution < 1.29 is 4.39 Å². The predicted octanol–water partition coefficient (Wildman–Crippen LogP) is 5.29. The van der Waals surface area contributed by atoms with Crippen LogP contribution >= 0.6 is 34.8 Å². The smallest absolute Gasteiger partial charge is 0.123 e. The Bertz CT molecular complexity index is 596. The lowest BCUT2D eigenvalue weighted by Crippen LogP contribution is -2.19. The number of benzene rings is 2. The molecule has 1 N–H and O–H groups in total. The Hall–Kier alpha value is -0.800. The van der Waals surface area contributed by atoms with Crippen LogP contribution in [0.25, 0.3) is 0 Å². The van der Waals surface area contributed by atoms with Gasteiger partial charge in [-0.15, -0.1) is 0 Å². The van der Waals surface area contributed by atoms with Gasteiger partial charge in [0, 0.05) is 21.1 Å². The van der Waals surface area contributed by atoms with E-state index in [9.17, 15) is 4.39 Å². The molecule has 0 spiro atoms. The molecule has 0 saturated carbocycles. The molecule has 106 valence electrons. The molecular weight excluding hydrogens is 320 g/mol. The standard InChI is InChI=1S/C15H13Cl3FN/c1-20-15(11-7-9(19)5-6-14(11)18)8-10-12(16)3-2-4-13(10)17/h2-7,15,20H,8H2,1H3. The minimum atomic E-state index is -0.324. The average Bonchev–Trinajstić information content (AvgIpc) is 2.42. The molecule has 0 radical (unpaired) electrons. The summed E-state index contributed by atoms with van der Waals surface area (Å²) in [5, 5.41) is 4.81. The third kappa shape index (κ3) is 3.44. The van der Waals surface area contributed by atoms with Gasteiger partial charge in [-0.25, -0.2) is 4.39 Å². The van der Waals surface area contributed by atoms with E-state index in [1.54, 1.807) is 31.3 Å². The van der Waals surface area contributed by atoms with Crippen LogP contribution in [0.2, 0.25) is 15.1 Å². The minimum absolute atomic E-state index is 0.171. The first-order chi connectivity index (χ1) is 9.52. The average molecular weight is 333 g/mol. The number of rotatable bonds is 4. The monoisotopic (exact) mass is 331 g/mol. The van der Waals surface area contributed by atoms with Gasteiger partial charge in [-0.1, -0.05) is 40.9 Å². The molecule has 0 aliphatic carbocycles. The Labute approximate surface area is 132 Å². The molecule has 0 heterocycles. The van der Waals surface area contributed by atoms with Gasteiger partial charge in [0.15, 0.2) is 0 Å². The molecule has 5 heteroatoms. The topological polar surface area (TPSA) is 12.0 Å². The molecule has 20 heavy (non-hydrogen) atoms. The van der Waals surface area contributed by atoms with Gasteiger partial charge in [-0.3, -0.25) is 0 Å². The van der Waals surface area contributed by atoms with E-state index in [1.165, 1.54) is 12.1 Å². The lowest BCUT2D eigenvalue weighted by atomic mass is 9.98. The molecule has 2 aromatic rings. The maximum absolute atomic E-state index is 13.4. The minimum Gasteiger partial charge on any atom is -0.313 e. The van der Waals surface area contributed by atoms with Gasteiger partial charge in [0.2, 0.25) is 0 Å². The SMILES string of the molecule is CNC(Cc1c(Cl)cccc1Cl)c1cc(F)ccc1Cl. The molecule has 2 rings (SSSR count). The van der Waals surface area contributed by atoms with Crippen molar-refractivity contribution in [2.45, 2.75) is 12.5 Å². The molecule has 0 aromatic heterocycles. The summed E-state index contributed by atoms with van der Waals surface area (Å²) in [5.74, 6) is -0.324. The van der Waals surface area contributed by atoms with Gasteiger partial charge in [0.1, 0.15) is 5.82 Å². The highest BCUT2D eigenvalue weighted by Gasteiger charge is 2.17. The van der Waals surface area contributed by atoms with Crippen LogP contribution in [0, 0.1) is 5.82 Å². The Balaban J connectivity index is 2.36. The molecule has 0 bridgehead atoms. The molecular formula is C15H13Cl3FN. The predicted molar refractivity (Wildman–Crippen MR) is 83.4 cm³/mol. The van der Waals surface area contributed by atoms with Crippen molar-refractivity contribution in [1.82, 2.24) is 5.32 Å². The van der Waals surface area contributed by atoms with E-state index in [-0.39, 0.29) is 11.9 Å². The highest BCUT2D eigenvalue weighted by Crippen LogP contribution is 2.32. The number of likely N-dealkylation sites (N-methyl/N-ethyl adjacent to an activating group) is 1. The lowest BCUT2D eigenvalue weighted by Gasteiger charge is -2.19. The fourth-order valence-electron chi connectivity index (χ4n) is 2.08. The summed E-state index contributed by atoms with van der Waals surface area (Å²) < 4.78 is 13.4. The van der Waals surface area contributed by atoms with Crippen LogP contribution in [0.4, 0.5) is 4.39 Å². The fraction of sp³-hybridized carbons (Fsp3) is 0.200. The Morgan fingerprint density at radius 2 is 1.70 bits per heavy atom. The normalized spacial score (nSPS) is 12.4. The highest BCUT2D eigenvalue weighted by molar-refractivity contribution is 6.36. The molecule has 1 unspecified atom stereocenters. The van der Waals surface area contributed by atoms with E-state index < -0.39 is 0 Å². The molecule has 1 atom stereocenters. The van der Waals surface area contributed by atoms with Crippen molar-refractivity contribution in [2.75, 3.05) is 7.05 Å². The third-order valence-corrected chi connectivity index (χ3v) is 4.20. The van der Waals surface area contributed by atoms with Crippen LogP contribution in [-0.2, 0) is 6.42 Å². The van der Waals surface area contributed by atoms with Crippen LogP contribution < -0.4 is 5.32 Å². The van der Waals surface area contributed by atoms with E-state index in [1.807, 2.05) is 0 Å². The third-order valence-electron chi connectivity index (χ3n) is 3.15. The molecule has 2 aromatic carbocycles. The fourth-order valence-corrected chi connectivity index (χ4v) is 2.88. The van der Waals surface area contributed by atoms with Crippen molar-refractivity contribution in [1.29, 1.82) is 0 Å². The molecule has 1 nitrogen and oxygen atoms in total. The second-order valence-corrected chi connectivity index (χ2v) is 5.63. The van der Waals surface area contributed by atoms with Crippen molar-refractivity contribution in [3.63, 3.8) is 0 Å². The van der Waals surface area contributed by atoms with Crippen LogP contribution in [0.15, 0.2) is 36.4 Å². The Morgan fingerprint density at radius 3 is 2.30 bits per heavy atom. The largest absolute Gasteiger partial charge is 0.313 e. The maximum Gasteiger partial charge on any atom is 0.123 e. The van der Waals surface area contributed by atoms with Crippen LogP contribution in [0.5, 0.6) is 0 Å². The summed E-state index contributed by atoms with van der Waals surface area (Å²) in [6.07, 6.45) is 0.526. The maximum atomic E-state index is 13.4. The van der Waals surface area contributed by atoms with Gasteiger partial charge in [0.25, 0.3) is 0 Å². The van der Waals surface area contributed by atoms with Crippen molar-refractivity contribution in [2.24, 2.45) is 0 Å². The van der Waals surface area contributed by atoms with Gasteiger partial charge in [0.05, 0.1) is 0 Å². The Morgan fingerprint density at radius 1 is 1.05 bits per heavy atom. The van der Waals surface area contributed by atoms with Crippen LogP contribution in [-0.4, -0.2) is 7.05 Å². The van der Waals surface area contributed by atoms with Gasteiger partial charge in [-0.05, 0) is 54.9 Å². The number of halogens is 4. The molecule has 0 saturated heterocycles. The highest BCUT2D eigenvalue weighted by atomic mass is 35.5. The summed E-state index contributed by atoms with van der Waals surface area (Å²) in [4.78, 5) is 0. The van der Waals surface area contributed by atoms with Gasteiger partial charge in [-0.2, -0.15) is 0 Å². The summed E-state index contributed by atoms with van der Waals surface area (Å²) in [6.45, 7) is 0. The van der Waals surface area contributed by atoms with E-state index in [2.05, 4.69) is 5.32 Å². The van der Waals surface area contributed by atoms with Crippen molar-refractivity contribution >= 4 is 34.8 Å². The van der Waals surface area contributed by atoms with Gasteiger partial charge >= 0.3 is 0 Å². The summed E-state index contributed by atoms with van der Waals surface area (Å²) in [5.41, 5.74) is 1.50. The molecule has 0 amide bonds. The first-order valence-corrected chi connectivity index (χ1v) is 7.21. The molecule has 0 aliphatic rings. The molecule has 0 fully saturated rings. The van der Waals surface area contributed by atoms with Crippen molar-refractivity contribution in [3.8, 4) is 0 Å². The number of nitrogens with one attached hydrogen (secondary N) is 1. The van der Waals surface area contributed by atoms with Crippen LogP contribution in [0.1, 0.15) is 17.2 Å². The lowest BCUT2D eigenvalue weighted by molar-refractivity contribution is 0.577. The number of hydrogen-bond donors (Lipinski definition) is 1. The van der Waals surface area contributed by atoms with Crippen LogP contribution in [0.3, 0.4) is 0 Å². The summed E-state index contributed by atoms with van der Waals surface area (Å²) >= 11 is 18.5. The summed E-state index contributed by atoms with van der Waals surface area (Å²) in [6, 6.07) is 9.49. The second kappa shape index (κ2) is 6.77. The van der Waals surface area contributed by atoms with E-state index in [4.69, 9.17) is 34.8 Å². The zero-order valence-corrected chi connectivity index (χ0v) is 13.0. The first kappa shape index (κ1) is 15.6. The van der Waals surface area contributed by atoms with E-state index in [0.29, 0.717) is 27.1 Å². The summed E-state index contributed by atoms with van der Waals surface area (Å²) in [7, 11) is 1.79. The second-order valence-electron chi connectivity index (χ2n) is 4.41. The van der Waals surface area contributed by atoms with Crippen molar-refractivity contribution in [3.05, 3.63) is 68.4 Å². The first-order valence-electron chi connectivity index (χ1n) is 6.08.